The fourth-order valence-corrected chi connectivity index (χ4v) is 2.72. The minimum Gasteiger partial charge on any atom is -0.487 e. The SMILES string of the molecule is CCOc1ccc(C(=O)Nc2ccc(N3CCNC3=O)cc2)cc1[N+](=O)[O-]. The van der Waals surface area contributed by atoms with Crippen molar-refractivity contribution in [2.24, 2.45) is 0 Å². The van der Waals surface area contributed by atoms with E-state index in [1.54, 1.807) is 36.1 Å². The number of nitrogens with one attached hydrogen (secondary N) is 2. The highest BCUT2D eigenvalue weighted by atomic mass is 16.6. The van der Waals surface area contributed by atoms with Crippen molar-refractivity contribution in [1.29, 1.82) is 0 Å². The molecule has 9 heteroatoms. The van der Waals surface area contributed by atoms with Crippen molar-refractivity contribution < 1.29 is 19.2 Å². The van der Waals surface area contributed by atoms with Gasteiger partial charge < -0.3 is 15.4 Å². The van der Waals surface area contributed by atoms with Gasteiger partial charge in [-0.25, -0.2) is 4.79 Å². The zero-order chi connectivity index (χ0) is 19.4. The van der Waals surface area contributed by atoms with Gasteiger partial charge in [-0.15, -0.1) is 0 Å². The van der Waals surface area contributed by atoms with E-state index in [0.29, 0.717) is 18.8 Å². The van der Waals surface area contributed by atoms with Crippen LogP contribution in [0.4, 0.5) is 21.9 Å². The molecule has 1 heterocycles. The van der Waals surface area contributed by atoms with Crippen LogP contribution in [0.2, 0.25) is 0 Å². The monoisotopic (exact) mass is 370 g/mol. The van der Waals surface area contributed by atoms with Crippen molar-refractivity contribution in [3.63, 3.8) is 0 Å². The van der Waals surface area contributed by atoms with Gasteiger partial charge in [0.05, 0.1) is 11.5 Å². The predicted octanol–water partition coefficient (Wildman–Crippen LogP) is 2.78. The number of hydrogen-bond donors (Lipinski definition) is 2. The van der Waals surface area contributed by atoms with Crippen molar-refractivity contribution >= 4 is 29.0 Å². The summed E-state index contributed by atoms with van der Waals surface area (Å²) in [6.07, 6.45) is 0. The smallest absolute Gasteiger partial charge is 0.321 e. The summed E-state index contributed by atoms with van der Waals surface area (Å²) in [6.45, 7) is 3.18. The first kappa shape index (κ1) is 18.2. The van der Waals surface area contributed by atoms with E-state index in [0.717, 1.165) is 5.69 Å². The number of rotatable bonds is 6. The number of nitro groups is 1. The Hall–Kier alpha value is -3.62. The van der Waals surface area contributed by atoms with E-state index in [2.05, 4.69) is 10.6 Å². The summed E-state index contributed by atoms with van der Waals surface area (Å²) in [5.41, 5.74) is 1.12. The third-order valence-electron chi connectivity index (χ3n) is 4.01. The number of hydrogen-bond acceptors (Lipinski definition) is 5. The van der Waals surface area contributed by atoms with Gasteiger partial charge in [0.25, 0.3) is 5.91 Å². The van der Waals surface area contributed by atoms with Crippen LogP contribution in [-0.4, -0.2) is 36.6 Å². The summed E-state index contributed by atoms with van der Waals surface area (Å²) < 4.78 is 5.21. The molecule has 2 N–H and O–H groups in total. The van der Waals surface area contributed by atoms with Crippen molar-refractivity contribution in [3.8, 4) is 5.75 Å². The van der Waals surface area contributed by atoms with E-state index in [9.17, 15) is 19.7 Å². The predicted molar refractivity (Wildman–Crippen MR) is 99.4 cm³/mol. The average Bonchev–Trinajstić information content (AvgIpc) is 3.08. The topological polar surface area (TPSA) is 114 Å². The Balaban J connectivity index is 1.74. The van der Waals surface area contributed by atoms with Crippen LogP contribution in [0.3, 0.4) is 0 Å². The van der Waals surface area contributed by atoms with E-state index in [4.69, 9.17) is 4.74 Å². The summed E-state index contributed by atoms with van der Waals surface area (Å²) in [4.78, 5) is 36.3. The molecule has 1 fully saturated rings. The van der Waals surface area contributed by atoms with Crippen LogP contribution in [0.5, 0.6) is 5.75 Å². The fourth-order valence-electron chi connectivity index (χ4n) is 2.72. The Labute approximate surface area is 155 Å². The molecule has 0 atom stereocenters. The Morgan fingerprint density at radius 2 is 2.04 bits per heavy atom. The van der Waals surface area contributed by atoms with Gasteiger partial charge in [-0.1, -0.05) is 0 Å². The average molecular weight is 370 g/mol. The summed E-state index contributed by atoms with van der Waals surface area (Å²) in [5.74, 6) is -0.361. The van der Waals surface area contributed by atoms with Crippen LogP contribution in [0.1, 0.15) is 17.3 Å². The van der Waals surface area contributed by atoms with E-state index in [1.165, 1.54) is 18.2 Å². The molecule has 1 saturated heterocycles. The second-order valence-electron chi connectivity index (χ2n) is 5.76. The molecule has 2 aromatic rings. The van der Waals surface area contributed by atoms with Crippen LogP contribution >= 0.6 is 0 Å². The Morgan fingerprint density at radius 1 is 1.30 bits per heavy atom. The first-order valence-electron chi connectivity index (χ1n) is 8.37. The highest BCUT2D eigenvalue weighted by molar-refractivity contribution is 6.05. The third kappa shape index (κ3) is 3.97. The van der Waals surface area contributed by atoms with Crippen LogP contribution < -0.4 is 20.3 Å². The molecule has 2 aromatic carbocycles. The van der Waals surface area contributed by atoms with Crippen LogP contribution in [-0.2, 0) is 0 Å². The van der Waals surface area contributed by atoms with Crippen LogP contribution in [0.15, 0.2) is 42.5 Å². The molecule has 140 valence electrons. The summed E-state index contributed by atoms with van der Waals surface area (Å²) in [5, 5.41) is 16.6. The van der Waals surface area contributed by atoms with E-state index >= 15 is 0 Å². The number of carbonyl (C=O) groups excluding carboxylic acids is 2. The van der Waals surface area contributed by atoms with Crippen molar-refractivity contribution in [3.05, 3.63) is 58.1 Å². The highest BCUT2D eigenvalue weighted by Crippen LogP contribution is 2.28. The molecule has 0 bridgehead atoms. The molecule has 0 saturated carbocycles. The van der Waals surface area contributed by atoms with Gasteiger partial charge in [-0.3, -0.25) is 19.8 Å². The molecular formula is C18H18N4O5. The molecule has 0 radical (unpaired) electrons. The van der Waals surface area contributed by atoms with E-state index in [-0.39, 0.29) is 29.6 Å². The van der Waals surface area contributed by atoms with Gasteiger partial charge in [-0.2, -0.15) is 0 Å². The van der Waals surface area contributed by atoms with Gasteiger partial charge in [-0.05, 0) is 43.3 Å². The molecule has 0 aromatic heterocycles. The lowest BCUT2D eigenvalue weighted by molar-refractivity contribution is -0.385. The number of anilines is 2. The first-order valence-corrected chi connectivity index (χ1v) is 8.37. The van der Waals surface area contributed by atoms with Gasteiger partial charge in [0.2, 0.25) is 0 Å². The molecule has 1 aliphatic heterocycles. The van der Waals surface area contributed by atoms with Crippen molar-refractivity contribution in [2.75, 3.05) is 29.9 Å². The highest BCUT2D eigenvalue weighted by Gasteiger charge is 2.21. The number of carbonyl (C=O) groups is 2. The summed E-state index contributed by atoms with van der Waals surface area (Å²) in [6, 6.07) is 10.7. The maximum atomic E-state index is 12.4. The second kappa shape index (κ2) is 7.73. The number of ether oxygens (including phenoxy) is 1. The Kier molecular flexibility index (Phi) is 5.20. The van der Waals surface area contributed by atoms with Gasteiger partial charge in [0, 0.05) is 36.1 Å². The van der Waals surface area contributed by atoms with Crippen LogP contribution in [0, 0.1) is 10.1 Å². The zero-order valence-electron chi connectivity index (χ0n) is 14.6. The Bertz CT molecular complexity index is 882. The minimum absolute atomic E-state index is 0.118. The zero-order valence-corrected chi connectivity index (χ0v) is 14.6. The lowest BCUT2D eigenvalue weighted by Crippen LogP contribution is -2.27. The Morgan fingerprint density at radius 3 is 2.63 bits per heavy atom. The van der Waals surface area contributed by atoms with E-state index in [1.807, 2.05) is 0 Å². The fraction of sp³-hybridized carbons (Fsp3) is 0.222. The molecule has 3 amide bonds. The number of urea groups is 1. The quantitative estimate of drug-likeness (QED) is 0.599. The molecule has 9 nitrogen and oxygen atoms in total. The standard InChI is InChI=1S/C18H18N4O5/c1-2-27-16-8-3-12(11-15(16)22(25)26)17(23)20-13-4-6-14(7-5-13)21-10-9-19-18(21)24/h3-8,11H,2,9-10H2,1H3,(H,19,24)(H,20,23). The third-order valence-corrected chi connectivity index (χ3v) is 4.01. The lowest BCUT2D eigenvalue weighted by Gasteiger charge is -2.14. The maximum absolute atomic E-state index is 12.4. The number of nitro benzene ring substituents is 1. The maximum Gasteiger partial charge on any atom is 0.321 e. The van der Waals surface area contributed by atoms with Gasteiger partial charge in [0.1, 0.15) is 0 Å². The van der Waals surface area contributed by atoms with Crippen molar-refractivity contribution in [2.45, 2.75) is 6.92 Å². The molecule has 0 unspecified atom stereocenters. The first-order chi connectivity index (χ1) is 13.0. The molecule has 1 aliphatic rings. The summed E-state index contributed by atoms with van der Waals surface area (Å²) >= 11 is 0. The van der Waals surface area contributed by atoms with Gasteiger partial charge >= 0.3 is 11.7 Å². The molecule has 0 spiro atoms. The number of amides is 3. The normalized spacial score (nSPS) is 13.2. The number of nitrogens with zero attached hydrogens (tertiary/aromatic N) is 2. The van der Waals surface area contributed by atoms with Crippen LogP contribution in [0.25, 0.3) is 0 Å². The molecular weight excluding hydrogens is 352 g/mol. The molecule has 0 aliphatic carbocycles. The molecule has 3 rings (SSSR count). The van der Waals surface area contributed by atoms with E-state index < -0.39 is 10.8 Å². The largest absolute Gasteiger partial charge is 0.487 e. The molecule has 27 heavy (non-hydrogen) atoms. The van der Waals surface area contributed by atoms with Crippen molar-refractivity contribution in [1.82, 2.24) is 5.32 Å². The minimum atomic E-state index is -0.586. The summed E-state index contributed by atoms with van der Waals surface area (Å²) in [7, 11) is 0. The second-order valence-corrected chi connectivity index (χ2v) is 5.76. The van der Waals surface area contributed by atoms with Gasteiger partial charge in [0.15, 0.2) is 5.75 Å². The number of benzene rings is 2. The lowest BCUT2D eigenvalue weighted by atomic mass is 10.1.